The molecule has 0 aromatic heterocycles. The lowest BCUT2D eigenvalue weighted by Crippen LogP contribution is -2.37. The number of halogens is 1. The zero-order chi connectivity index (χ0) is 14.3. The number of anilines is 1. The molecule has 3 amide bonds. The van der Waals surface area contributed by atoms with Gasteiger partial charge in [0.1, 0.15) is 5.82 Å². The van der Waals surface area contributed by atoms with E-state index in [9.17, 15) is 18.8 Å². The number of hydrogen-bond donors (Lipinski definition) is 2. The Kier molecular flexibility index (Phi) is 5.46. The van der Waals surface area contributed by atoms with Crippen LogP contribution in [0.2, 0.25) is 0 Å². The van der Waals surface area contributed by atoms with Crippen molar-refractivity contribution in [3.8, 4) is 0 Å². The first kappa shape index (κ1) is 14.6. The molecule has 0 spiro atoms. The Hall–Kier alpha value is -2.44. The van der Waals surface area contributed by atoms with Crippen molar-refractivity contribution in [2.75, 3.05) is 11.9 Å². The maximum absolute atomic E-state index is 13.2. The van der Waals surface area contributed by atoms with Crippen molar-refractivity contribution in [3.63, 3.8) is 0 Å². The van der Waals surface area contributed by atoms with E-state index in [-0.39, 0.29) is 12.1 Å². The minimum absolute atomic E-state index is 0.0571. The fraction of sp³-hybridized carbons (Fsp3) is 0.250. The summed E-state index contributed by atoms with van der Waals surface area (Å²) in [7, 11) is 0. The molecular formula is C12H13FN2O4. The average Bonchev–Trinajstić information content (AvgIpc) is 2.38. The highest BCUT2D eigenvalue weighted by atomic mass is 19.1. The number of esters is 1. The molecule has 0 unspecified atom stereocenters. The van der Waals surface area contributed by atoms with Crippen LogP contribution in [0.25, 0.3) is 0 Å². The maximum Gasteiger partial charge on any atom is 0.326 e. The number of hydrogen-bond acceptors (Lipinski definition) is 4. The highest BCUT2D eigenvalue weighted by Gasteiger charge is 2.11. The van der Waals surface area contributed by atoms with Crippen LogP contribution in [0.15, 0.2) is 24.3 Å². The molecule has 0 heterocycles. The van der Waals surface area contributed by atoms with E-state index < -0.39 is 30.3 Å². The highest BCUT2D eigenvalue weighted by Crippen LogP contribution is 2.11. The van der Waals surface area contributed by atoms with Gasteiger partial charge in [0.05, 0.1) is 5.69 Å². The number of urea groups is 1. The second-order valence-electron chi connectivity index (χ2n) is 3.50. The van der Waals surface area contributed by atoms with Crippen molar-refractivity contribution >= 4 is 23.6 Å². The Morgan fingerprint density at radius 1 is 1.26 bits per heavy atom. The van der Waals surface area contributed by atoms with Crippen LogP contribution in [0.4, 0.5) is 14.9 Å². The normalized spacial score (nSPS) is 9.58. The third-order valence-electron chi connectivity index (χ3n) is 2.03. The van der Waals surface area contributed by atoms with E-state index in [4.69, 9.17) is 0 Å². The number of para-hydroxylation sites is 1. The van der Waals surface area contributed by atoms with Crippen molar-refractivity contribution in [2.45, 2.75) is 13.3 Å². The van der Waals surface area contributed by atoms with Crippen molar-refractivity contribution in [3.05, 3.63) is 30.1 Å². The van der Waals surface area contributed by atoms with Gasteiger partial charge < -0.3 is 10.1 Å². The van der Waals surface area contributed by atoms with Gasteiger partial charge in [-0.1, -0.05) is 19.1 Å². The molecule has 102 valence electrons. The summed E-state index contributed by atoms with van der Waals surface area (Å²) in [4.78, 5) is 33.3. The first-order valence-electron chi connectivity index (χ1n) is 5.54. The van der Waals surface area contributed by atoms with E-state index in [1.807, 2.05) is 5.32 Å². The van der Waals surface area contributed by atoms with Crippen molar-refractivity contribution in [1.82, 2.24) is 5.32 Å². The molecule has 1 aromatic rings. The van der Waals surface area contributed by atoms with Gasteiger partial charge in [-0.2, -0.15) is 0 Å². The van der Waals surface area contributed by atoms with E-state index >= 15 is 0 Å². The number of imide groups is 1. The van der Waals surface area contributed by atoms with E-state index in [0.29, 0.717) is 0 Å². The first-order chi connectivity index (χ1) is 9.02. The molecule has 0 atom stereocenters. The molecule has 1 aromatic carbocycles. The van der Waals surface area contributed by atoms with E-state index in [0.717, 1.165) is 0 Å². The second-order valence-corrected chi connectivity index (χ2v) is 3.50. The molecule has 2 N–H and O–H groups in total. The fourth-order valence-electron chi connectivity index (χ4n) is 1.13. The Bertz CT molecular complexity index is 490. The van der Waals surface area contributed by atoms with Gasteiger partial charge in [0, 0.05) is 6.42 Å². The van der Waals surface area contributed by atoms with Crippen molar-refractivity contribution < 1.29 is 23.5 Å². The Labute approximate surface area is 108 Å². The van der Waals surface area contributed by atoms with Gasteiger partial charge in [-0.25, -0.2) is 9.18 Å². The summed E-state index contributed by atoms with van der Waals surface area (Å²) in [6.07, 6.45) is 0.134. The predicted octanol–water partition coefficient (Wildman–Crippen LogP) is 1.43. The molecule has 0 aliphatic heterocycles. The number of benzene rings is 1. The summed E-state index contributed by atoms with van der Waals surface area (Å²) in [5.74, 6) is -1.97. The molecule has 19 heavy (non-hydrogen) atoms. The van der Waals surface area contributed by atoms with Crippen LogP contribution < -0.4 is 10.6 Å². The van der Waals surface area contributed by atoms with Gasteiger partial charge in [0.25, 0.3) is 5.91 Å². The third-order valence-corrected chi connectivity index (χ3v) is 2.03. The van der Waals surface area contributed by atoms with E-state index in [2.05, 4.69) is 10.1 Å². The molecule has 0 bridgehead atoms. The summed E-state index contributed by atoms with van der Waals surface area (Å²) < 4.78 is 17.7. The smallest absolute Gasteiger partial charge is 0.326 e. The lowest BCUT2D eigenvalue weighted by atomic mass is 10.3. The minimum Gasteiger partial charge on any atom is -0.456 e. The van der Waals surface area contributed by atoms with Crippen LogP contribution >= 0.6 is 0 Å². The second kappa shape index (κ2) is 7.10. The fourth-order valence-corrected chi connectivity index (χ4v) is 1.13. The molecule has 0 aliphatic rings. The Morgan fingerprint density at radius 3 is 2.58 bits per heavy atom. The zero-order valence-corrected chi connectivity index (χ0v) is 10.2. The lowest BCUT2D eigenvalue weighted by Gasteiger charge is -2.07. The van der Waals surface area contributed by atoms with Gasteiger partial charge in [-0.05, 0) is 12.1 Å². The predicted molar refractivity (Wildman–Crippen MR) is 64.8 cm³/mol. The SMILES string of the molecule is CCC(=O)OCC(=O)NC(=O)Nc1ccccc1F. The number of carbonyl (C=O) groups is 3. The maximum atomic E-state index is 13.2. The van der Waals surface area contributed by atoms with Gasteiger partial charge >= 0.3 is 12.0 Å². The topological polar surface area (TPSA) is 84.5 Å². The molecule has 7 heteroatoms. The number of nitrogens with one attached hydrogen (secondary N) is 2. The quantitative estimate of drug-likeness (QED) is 0.809. The van der Waals surface area contributed by atoms with Crippen molar-refractivity contribution in [2.24, 2.45) is 0 Å². The van der Waals surface area contributed by atoms with E-state index in [1.54, 1.807) is 6.92 Å². The van der Waals surface area contributed by atoms with Gasteiger partial charge in [0.2, 0.25) is 0 Å². The molecular weight excluding hydrogens is 255 g/mol. The minimum atomic E-state index is -0.900. The first-order valence-corrected chi connectivity index (χ1v) is 5.54. The summed E-state index contributed by atoms with van der Waals surface area (Å²) >= 11 is 0. The molecule has 0 fully saturated rings. The Balaban J connectivity index is 2.41. The molecule has 0 aliphatic carbocycles. The number of carbonyl (C=O) groups excluding carboxylic acids is 3. The monoisotopic (exact) mass is 268 g/mol. The number of ether oxygens (including phenoxy) is 1. The highest BCUT2D eigenvalue weighted by molar-refractivity contribution is 6.01. The summed E-state index contributed by atoms with van der Waals surface area (Å²) in [6, 6.07) is 4.61. The number of rotatable bonds is 4. The molecule has 6 nitrogen and oxygen atoms in total. The summed E-state index contributed by atoms with van der Waals surface area (Å²) in [5, 5.41) is 4.06. The largest absolute Gasteiger partial charge is 0.456 e. The Morgan fingerprint density at radius 2 is 1.95 bits per heavy atom. The van der Waals surface area contributed by atoms with Crippen LogP contribution in [0.3, 0.4) is 0 Å². The zero-order valence-electron chi connectivity index (χ0n) is 10.2. The average molecular weight is 268 g/mol. The van der Waals surface area contributed by atoms with Crippen LogP contribution in [-0.4, -0.2) is 24.5 Å². The standard InChI is InChI=1S/C12H13FN2O4/c1-2-11(17)19-7-10(16)15-12(18)14-9-6-4-3-5-8(9)13/h3-6H,2,7H2,1H3,(H2,14,15,16,18). The number of amides is 3. The summed E-state index contributed by atoms with van der Waals surface area (Å²) in [6.45, 7) is 1.02. The van der Waals surface area contributed by atoms with E-state index in [1.165, 1.54) is 24.3 Å². The molecule has 0 saturated carbocycles. The van der Waals surface area contributed by atoms with Crippen LogP contribution in [0.5, 0.6) is 0 Å². The van der Waals surface area contributed by atoms with Gasteiger partial charge in [-0.3, -0.25) is 14.9 Å². The van der Waals surface area contributed by atoms with Crippen LogP contribution in [-0.2, 0) is 14.3 Å². The van der Waals surface area contributed by atoms with Crippen molar-refractivity contribution in [1.29, 1.82) is 0 Å². The summed E-state index contributed by atoms with van der Waals surface area (Å²) in [5.41, 5.74) is -0.0571. The molecule has 0 radical (unpaired) electrons. The molecule has 1 rings (SSSR count). The third kappa shape index (κ3) is 5.15. The van der Waals surface area contributed by atoms with Crippen LogP contribution in [0, 0.1) is 5.82 Å². The van der Waals surface area contributed by atoms with Gasteiger partial charge in [-0.15, -0.1) is 0 Å². The lowest BCUT2D eigenvalue weighted by molar-refractivity contribution is -0.147. The van der Waals surface area contributed by atoms with Gasteiger partial charge in [0.15, 0.2) is 6.61 Å². The molecule has 0 saturated heterocycles. The van der Waals surface area contributed by atoms with Crippen LogP contribution in [0.1, 0.15) is 13.3 Å².